The van der Waals surface area contributed by atoms with Crippen molar-refractivity contribution in [3.63, 3.8) is 0 Å². The molecule has 0 bridgehead atoms. The van der Waals surface area contributed by atoms with Crippen molar-refractivity contribution in [2.75, 3.05) is 19.8 Å². The maximum Gasteiger partial charge on any atom is 0.433 e. The van der Waals surface area contributed by atoms with Gasteiger partial charge in [-0.2, -0.15) is 13.2 Å². The van der Waals surface area contributed by atoms with Crippen molar-refractivity contribution in [1.82, 2.24) is 14.4 Å². The second kappa shape index (κ2) is 10.5. The first-order chi connectivity index (χ1) is 16.8. The van der Waals surface area contributed by atoms with Gasteiger partial charge in [0.15, 0.2) is 11.4 Å². The van der Waals surface area contributed by atoms with E-state index in [1.165, 1.54) is 12.3 Å². The van der Waals surface area contributed by atoms with Crippen LogP contribution in [-0.4, -0.2) is 51.8 Å². The van der Waals surface area contributed by atoms with Crippen molar-refractivity contribution in [1.29, 1.82) is 0 Å². The lowest BCUT2D eigenvalue weighted by atomic mass is 9.97. The molecule has 0 unspecified atom stereocenters. The zero-order valence-electron chi connectivity index (χ0n) is 19.7. The first-order valence-electron chi connectivity index (χ1n) is 11.6. The third-order valence-electron chi connectivity index (χ3n) is 5.85. The number of ketones is 1. The van der Waals surface area contributed by atoms with Crippen LogP contribution >= 0.6 is 0 Å². The molecule has 0 radical (unpaired) electrons. The first-order valence-corrected chi connectivity index (χ1v) is 11.6. The van der Waals surface area contributed by atoms with Gasteiger partial charge >= 0.3 is 6.18 Å². The number of nitrogens with zero attached hydrogens (tertiary/aromatic N) is 4. The number of allylic oxidation sites excluding steroid dienone is 1. The van der Waals surface area contributed by atoms with Crippen molar-refractivity contribution in [3.05, 3.63) is 70.9 Å². The Labute approximate surface area is 201 Å². The molecule has 0 saturated heterocycles. The second-order valence-electron chi connectivity index (χ2n) is 8.48. The summed E-state index contributed by atoms with van der Waals surface area (Å²) in [6.45, 7) is 5.21. The monoisotopic (exact) mass is 484 g/mol. The average molecular weight is 485 g/mol. The molecule has 35 heavy (non-hydrogen) atoms. The maximum atomic E-state index is 13.4. The van der Waals surface area contributed by atoms with E-state index in [0.717, 1.165) is 17.5 Å². The number of aryl methyl sites for hydroxylation is 1. The fourth-order valence-corrected chi connectivity index (χ4v) is 4.23. The number of hydrogen-bond acceptors (Lipinski definition) is 5. The van der Waals surface area contributed by atoms with Gasteiger partial charge in [-0.1, -0.05) is 31.2 Å². The molecule has 4 rings (SSSR count). The highest BCUT2D eigenvalue weighted by atomic mass is 19.4. The molecule has 9 heteroatoms. The lowest BCUT2D eigenvalue weighted by molar-refractivity contribution is -0.0571. The number of rotatable bonds is 10. The van der Waals surface area contributed by atoms with Crippen LogP contribution in [0.5, 0.6) is 0 Å². The predicted octanol–water partition coefficient (Wildman–Crippen LogP) is 5.42. The molecule has 0 fully saturated rings. The van der Waals surface area contributed by atoms with Crippen LogP contribution in [0.1, 0.15) is 59.1 Å². The van der Waals surface area contributed by atoms with Gasteiger partial charge in [0.2, 0.25) is 0 Å². The van der Waals surface area contributed by atoms with Gasteiger partial charge in [0.05, 0.1) is 24.1 Å². The fourth-order valence-electron chi connectivity index (χ4n) is 4.23. The van der Waals surface area contributed by atoms with E-state index in [9.17, 15) is 18.0 Å². The predicted molar refractivity (Wildman–Crippen MR) is 128 cm³/mol. The van der Waals surface area contributed by atoms with Gasteiger partial charge in [0, 0.05) is 49.6 Å². The van der Waals surface area contributed by atoms with Gasteiger partial charge in [0.1, 0.15) is 5.71 Å². The fraction of sp³-hybridized carbons (Fsp3) is 0.385. The number of fused-ring (bicyclic) bond motifs is 1. The molecule has 3 heterocycles. The van der Waals surface area contributed by atoms with E-state index in [1.807, 2.05) is 32.0 Å². The summed E-state index contributed by atoms with van der Waals surface area (Å²) in [7, 11) is 0. The highest BCUT2D eigenvalue weighted by Crippen LogP contribution is 2.32. The van der Waals surface area contributed by atoms with E-state index in [4.69, 9.17) is 4.74 Å². The highest BCUT2D eigenvalue weighted by Gasteiger charge is 2.40. The molecule has 0 amide bonds. The number of benzene rings is 1. The van der Waals surface area contributed by atoms with E-state index in [0.29, 0.717) is 55.1 Å². The molecule has 3 aromatic rings. The first kappa shape index (κ1) is 24.8. The summed E-state index contributed by atoms with van der Waals surface area (Å²) in [6.07, 6.45) is 4.02. The zero-order valence-corrected chi connectivity index (χ0v) is 19.7. The molecule has 184 valence electrons. The standard InChI is InChI=1S/C26H27F3N4O2/c1-3-12-35-13-4-5-23(34)19-7-6-18(14-17(19)2)15-21-25-32-16-22(33(25)11-10-30-21)20-8-9-31-24(20)26(27,28)29/h6-8,10-11,14,16H,3-5,9,12-13,15H2,1-2H3. The van der Waals surface area contributed by atoms with Crippen LogP contribution in [0.25, 0.3) is 11.2 Å². The smallest absolute Gasteiger partial charge is 0.381 e. The summed E-state index contributed by atoms with van der Waals surface area (Å²) < 4.78 is 47.2. The van der Waals surface area contributed by atoms with Crippen molar-refractivity contribution < 1.29 is 22.7 Å². The van der Waals surface area contributed by atoms with Crippen LogP contribution in [-0.2, 0) is 11.2 Å². The quantitative estimate of drug-likeness (QED) is 0.285. The SMILES string of the molecule is CCCOCCCC(=O)c1ccc(Cc2nccn3c(C4=CCN=C4C(F)(F)F)cnc23)cc1C. The molecule has 1 aliphatic heterocycles. The minimum atomic E-state index is -4.53. The molecule has 6 nitrogen and oxygen atoms in total. The van der Waals surface area contributed by atoms with Crippen molar-refractivity contribution in [3.8, 4) is 0 Å². The molecule has 0 spiro atoms. The van der Waals surface area contributed by atoms with Gasteiger partial charge in [-0.25, -0.2) is 4.98 Å². The Morgan fingerprint density at radius 2 is 2.03 bits per heavy atom. The third kappa shape index (κ3) is 5.51. The number of ether oxygens (including phenoxy) is 1. The summed E-state index contributed by atoms with van der Waals surface area (Å²) in [6, 6.07) is 5.66. The lowest BCUT2D eigenvalue weighted by Crippen LogP contribution is -2.23. The minimum Gasteiger partial charge on any atom is -0.381 e. The second-order valence-corrected chi connectivity index (χ2v) is 8.48. The molecular formula is C26H27F3N4O2. The van der Waals surface area contributed by atoms with Crippen molar-refractivity contribution in [2.24, 2.45) is 4.99 Å². The number of aliphatic imine (C=N–C) groups is 1. The third-order valence-corrected chi connectivity index (χ3v) is 5.85. The molecule has 0 aliphatic carbocycles. The molecule has 0 atom stereocenters. The van der Waals surface area contributed by atoms with E-state index in [-0.39, 0.29) is 17.9 Å². The summed E-state index contributed by atoms with van der Waals surface area (Å²) in [5.41, 5.74) is 3.10. The Hall–Kier alpha value is -3.33. The number of halogens is 3. The van der Waals surface area contributed by atoms with Crippen LogP contribution < -0.4 is 0 Å². The highest BCUT2D eigenvalue weighted by molar-refractivity contribution is 6.27. The van der Waals surface area contributed by atoms with E-state index in [2.05, 4.69) is 15.0 Å². The minimum absolute atomic E-state index is 0.00847. The Balaban J connectivity index is 1.51. The van der Waals surface area contributed by atoms with E-state index >= 15 is 0 Å². The molecular weight excluding hydrogens is 457 g/mol. The molecule has 0 saturated carbocycles. The Morgan fingerprint density at radius 1 is 1.20 bits per heavy atom. The van der Waals surface area contributed by atoms with Crippen LogP contribution in [0.4, 0.5) is 13.2 Å². The van der Waals surface area contributed by atoms with Gasteiger partial charge < -0.3 is 4.74 Å². The lowest BCUT2D eigenvalue weighted by Gasteiger charge is -2.11. The van der Waals surface area contributed by atoms with Crippen LogP contribution in [0.3, 0.4) is 0 Å². The maximum absolute atomic E-state index is 13.4. The Kier molecular flexibility index (Phi) is 7.45. The normalized spacial score (nSPS) is 13.9. The summed E-state index contributed by atoms with van der Waals surface area (Å²) in [5.74, 6) is 0.0826. The van der Waals surface area contributed by atoms with Gasteiger partial charge in [0.25, 0.3) is 0 Å². The van der Waals surface area contributed by atoms with Gasteiger partial charge in [-0.05, 0) is 30.9 Å². The number of Topliss-reactive ketones (excluding diaryl/α,β-unsaturated/α-hetero) is 1. The summed E-state index contributed by atoms with van der Waals surface area (Å²) in [4.78, 5) is 25.0. The average Bonchev–Trinajstić information content (AvgIpc) is 3.46. The van der Waals surface area contributed by atoms with E-state index < -0.39 is 11.9 Å². The molecule has 1 aromatic carbocycles. The van der Waals surface area contributed by atoms with Crippen LogP contribution in [0.15, 0.2) is 47.9 Å². The van der Waals surface area contributed by atoms with Crippen molar-refractivity contribution >= 4 is 22.7 Å². The Morgan fingerprint density at radius 3 is 2.77 bits per heavy atom. The largest absolute Gasteiger partial charge is 0.433 e. The molecule has 1 aliphatic rings. The number of carbonyl (C=O) groups is 1. The number of alkyl halides is 3. The number of carbonyl (C=O) groups excluding carboxylic acids is 1. The Bertz CT molecular complexity index is 1290. The number of hydrogen-bond donors (Lipinski definition) is 0. The molecule has 0 N–H and O–H groups in total. The zero-order chi connectivity index (χ0) is 25.0. The van der Waals surface area contributed by atoms with E-state index in [1.54, 1.807) is 16.8 Å². The van der Waals surface area contributed by atoms with Crippen molar-refractivity contribution in [2.45, 2.75) is 45.7 Å². The van der Waals surface area contributed by atoms with Gasteiger partial charge in [-0.15, -0.1) is 0 Å². The topological polar surface area (TPSA) is 68.8 Å². The van der Waals surface area contributed by atoms with Gasteiger partial charge in [-0.3, -0.25) is 19.2 Å². The molecule has 2 aromatic heterocycles. The van der Waals surface area contributed by atoms with Crippen LogP contribution in [0.2, 0.25) is 0 Å². The number of aromatic nitrogens is 3. The summed E-state index contributed by atoms with van der Waals surface area (Å²) in [5, 5.41) is 0. The van der Waals surface area contributed by atoms with Crippen LogP contribution in [0, 0.1) is 6.92 Å². The number of imidazole rings is 1. The summed E-state index contributed by atoms with van der Waals surface area (Å²) >= 11 is 0.